The minimum absolute atomic E-state index is 0.0482. The van der Waals surface area contributed by atoms with Gasteiger partial charge < -0.3 is 0 Å². The molecule has 0 spiro atoms. The van der Waals surface area contributed by atoms with E-state index in [2.05, 4.69) is 9.71 Å². The molecule has 0 saturated heterocycles. The molecule has 0 aliphatic heterocycles. The monoisotopic (exact) mass is 484 g/mol. The summed E-state index contributed by atoms with van der Waals surface area (Å²) < 4.78 is 90.6. The Labute approximate surface area is 173 Å². The molecule has 1 unspecified atom stereocenters. The Morgan fingerprint density at radius 2 is 1.97 bits per heavy atom. The van der Waals surface area contributed by atoms with Gasteiger partial charge in [-0.15, -0.1) is 11.3 Å². The number of halogens is 4. The van der Waals surface area contributed by atoms with Crippen molar-refractivity contribution in [2.45, 2.75) is 23.0 Å². The van der Waals surface area contributed by atoms with Crippen molar-refractivity contribution in [1.82, 2.24) is 9.71 Å². The number of allylic oxidation sites excluding steroid dienone is 1. The van der Waals surface area contributed by atoms with Gasteiger partial charge in [0.2, 0.25) is 19.9 Å². The van der Waals surface area contributed by atoms with Crippen molar-refractivity contribution in [1.29, 1.82) is 0 Å². The summed E-state index contributed by atoms with van der Waals surface area (Å²) >= 11 is 7.06. The van der Waals surface area contributed by atoms with E-state index >= 15 is 0 Å². The molecule has 2 aromatic heterocycles. The highest BCUT2D eigenvalue weighted by Gasteiger charge is 2.35. The number of thiophene rings is 1. The zero-order valence-electron chi connectivity index (χ0n) is 14.2. The quantitative estimate of drug-likeness (QED) is 0.677. The Kier molecular flexibility index (Phi) is 5.94. The lowest BCUT2D eigenvalue weighted by Crippen LogP contribution is -2.31. The van der Waals surface area contributed by atoms with Crippen LogP contribution in [0, 0.1) is 0 Å². The predicted octanol–water partition coefficient (Wildman–Crippen LogP) is 3.53. The maximum absolute atomic E-state index is 12.7. The van der Waals surface area contributed by atoms with E-state index < -0.39 is 51.8 Å². The molecule has 0 saturated carbocycles. The van der Waals surface area contributed by atoms with Gasteiger partial charge in [0, 0.05) is 17.6 Å². The first-order valence-corrected chi connectivity index (χ1v) is 12.1. The highest BCUT2D eigenvalue weighted by molar-refractivity contribution is 7.95. The lowest BCUT2D eigenvalue weighted by atomic mass is 10.3. The van der Waals surface area contributed by atoms with Crippen LogP contribution in [-0.2, 0) is 32.6 Å². The molecule has 1 aliphatic carbocycles. The molecule has 2 heterocycles. The van der Waals surface area contributed by atoms with Gasteiger partial charge in [-0.2, -0.15) is 13.2 Å². The van der Waals surface area contributed by atoms with Gasteiger partial charge in [0.15, 0.2) is 5.03 Å². The van der Waals surface area contributed by atoms with E-state index in [-0.39, 0.29) is 6.54 Å². The van der Waals surface area contributed by atoms with Crippen molar-refractivity contribution >= 4 is 42.8 Å². The normalized spacial score (nSPS) is 17.5. The van der Waals surface area contributed by atoms with Crippen LogP contribution in [0.3, 0.4) is 0 Å². The fourth-order valence-corrected chi connectivity index (χ4v) is 6.17. The van der Waals surface area contributed by atoms with Crippen LogP contribution in [0.4, 0.5) is 13.2 Å². The Balaban J connectivity index is 1.84. The molecule has 156 valence electrons. The van der Waals surface area contributed by atoms with Crippen LogP contribution in [0.15, 0.2) is 57.9 Å². The summed E-state index contributed by atoms with van der Waals surface area (Å²) in [5.41, 5.74) is -1.20. The number of sulfone groups is 1. The largest absolute Gasteiger partial charge is 0.417 e. The zero-order valence-corrected chi connectivity index (χ0v) is 17.4. The summed E-state index contributed by atoms with van der Waals surface area (Å²) in [4.78, 5) is 3.69. The number of hydrogen-bond donors (Lipinski definition) is 1. The molecule has 6 nitrogen and oxygen atoms in total. The smallest absolute Gasteiger partial charge is 0.242 e. The molecule has 3 rings (SSSR count). The highest BCUT2D eigenvalue weighted by Crippen LogP contribution is 2.34. The number of alkyl halides is 3. The molecule has 0 fully saturated rings. The van der Waals surface area contributed by atoms with E-state index in [0.29, 0.717) is 12.3 Å². The Hall–Kier alpha value is -1.73. The van der Waals surface area contributed by atoms with E-state index in [4.69, 9.17) is 11.6 Å². The van der Waals surface area contributed by atoms with Gasteiger partial charge in [-0.1, -0.05) is 23.7 Å². The van der Waals surface area contributed by atoms with Crippen molar-refractivity contribution in [3.8, 4) is 0 Å². The molecule has 0 radical (unpaired) electrons. The fourth-order valence-electron chi connectivity index (χ4n) is 2.41. The van der Waals surface area contributed by atoms with Gasteiger partial charge >= 0.3 is 6.18 Å². The summed E-state index contributed by atoms with van der Waals surface area (Å²) in [5.74, 6) is 0. The molecule has 0 bridgehead atoms. The molecule has 0 aromatic carbocycles. The summed E-state index contributed by atoms with van der Waals surface area (Å²) in [7, 11) is -8.33. The first-order valence-electron chi connectivity index (χ1n) is 7.80. The van der Waals surface area contributed by atoms with Crippen LogP contribution in [0.2, 0.25) is 5.02 Å². The van der Waals surface area contributed by atoms with Crippen molar-refractivity contribution in [2.75, 3.05) is 0 Å². The number of hydrogen-bond acceptors (Lipinski definition) is 6. The van der Waals surface area contributed by atoms with Gasteiger partial charge in [-0.3, -0.25) is 0 Å². The standard InChI is InChI=1S/C16H12ClF3N2O4S3/c17-14-6-10(16(18,19)20)8-21-15(14)28(23,24)12-3-4-13(7-12)29(25,26)22-9-11-2-1-5-27-11/h1-8,13,22H,9H2. The molecule has 0 amide bonds. The van der Waals surface area contributed by atoms with Gasteiger partial charge in [-0.25, -0.2) is 26.5 Å². The first kappa shape index (κ1) is 22.0. The van der Waals surface area contributed by atoms with Crippen LogP contribution in [0.5, 0.6) is 0 Å². The van der Waals surface area contributed by atoms with Crippen LogP contribution in [0.1, 0.15) is 10.4 Å². The SMILES string of the molecule is O=S(=O)(C1=CC(S(=O)(=O)NCc2cccs2)C=C1)c1ncc(C(F)(F)F)cc1Cl. The van der Waals surface area contributed by atoms with Gasteiger partial charge in [0.25, 0.3) is 0 Å². The third kappa shape index (κ3) is 4.72. The molecule has 1 aliphatic rings. The summed E-state index contributed by atoms with van der Waals surface area (Å²) in [6, 6.07) is 3.95. The van der Waals surface area contributed by atoms with E-state index in [0.717, 1.165) is 23.1 Å². The van der Waals surface area contributed by atoms with E-state index in [1.807, 2.05) is 0 Å². The molecule has 2 aromatic rings. The van der Waals surface area contributed by atoms with Gasteiger partial charge in [-0.05, 0) is 29.7 Å². The Morgan fingerprint density at radius 3 is 2.55 bits per heavy atom. The second kappa shape index (κ2) is 7.84. The molecule has 13 heteroatoms. The number of rotatable bonds is 6. The number of nitrogens with one attached hydrogen (secondary N) is 1. The second-order valence-corrected chi connectivity index (χ2v) is 11.1. The second-order valence-electron chi connectivity index (χ2n) is 5.85. The van der Waals surface area contributed by atoms with E-state index in [1.165, 1.54) is 11.3 Å². The Morgan fingerprint density at radius 1 is 1.24 bits per heavy atom. The lowest BCUT2D eigenvalue weighted by Gasteiger charge is -2.10. The highest BCUT2D eigenvalue weighted by atomic mass is 35.5. The average Bonchev–Trinajstić information content (AvgIpc) is 3.31. The summed E-state index contributed by atoms with van der Waals surface area (Å²) in [5, 5.41) is -0.978. The third-order valence-electron chi connectivity index (χ3n) is 3.86. The van der Waals surface area contributed by atoms with Gasteiger partial charge in [0.05, 0.1) is 15.5 Å². The summed E-state index contributed by atoms with van der Waals surface area (Å²) in [6.45, 7) is 0.0482. The average molecular weight is 485 g/mol. The maximum Gasteiger partial charge on any atom is 0.417 e. The lowest BCUT2D eigenvalue weighted by molar-refractivity contribution is -0.137. The number of aromatic nitrogens is 1. The number of pyridine rings is 1. The van der Waals surface area contributed by atoms with Crippen LogP contribution in [0.25, 0.3) is 0 Å². The van der Waals surface area contributed by atoms with Crippen LogP contribution < -0.4 is 4.72 Å². The van der Waals surface area contributed by atoms with Gasteiger partial charge in [0.1, 0.15) is 5.25 Å². The molecular formula is C16H12ClF3N2O4S3. The van der Waals surface area contributed by atoms with E-state index in [9.17, 15) is 30.0 Å². The molecule has 29 heavy (non-hydrogen) atoms. The zero-order chi connectivity index (χ0) is 21.4. The van der Waals surface area contributed by atoms with Crippen LogP contribution in [-0.4, -0.2) is 27.1 Å². The van der Waals surface area contributed by atoms with E-state index in [1.54, 1.807) is 17.5 Å². The molecule has 1 N–H and O–H groups in total. The first-order chi connectivity index (χ1) is 13.4. The number of nitrogens with zero attached hydrogens (tertiary/aromatic N) is 1. The summed E-state index contributed by atoms with van der Waals surface area (Å²) in [6.07, 6.45) is -1.20. The van der Waals surface area contributed by atoms with Crippen molar-refractivity contribution < 1.29 is 30.0 Å². The topological polar surface area (TPSA) is 93.2 Å². The third-order valence-corrected chi connectivity index (χ3v) is 8.42. The maximum atomic E-state index is 12.7. The fraction of sp³-hybridized carbons (Fsp3) is 0.188. The minimum atomic E-state index is -4.74. The molecular weight excluding hydrogens is 473 g/mol. The van der Waals surface area contributed by atoms with Crippen molar-refractivity contribution in [3.05, 3.63) is 68.4 Å². The number of sulfonamides is 1. The van der Waals surface area contributed by atoms with Crippen molar-refractivity contribution in [3.63, 3.8) is 0 Å². The van der Waals surface area contributed by atoms with Crippen LogP contribution >= 0.6 is 22.9 Å². The minimum Gasteiger partial charge on any atom is -0.242 e. The van der Waals surface area contributed by atoms with Crippen molar-refractivity contribution in [2.24, 2.45) is 0 Å². The molecule has 1 atom stereocenters. The predicted molar refractivity (Wildman–Crippen MR) is 103 cm³/mol. The Bertz CT molecular complexity index is 1190.